The maximum Gasteiger partial charge on any atom is 0.241 e. The number of carbonyl (C=O) groups is 1. The molecule has 4 heteroatoms. The number of benzene rings is 2. The van der Waals surface area contributed by atoms with Gasteiger partial charge in [-0.3, -0.25) is 4.79 Å². The Morgan fingerprint density at radius 1 is 0.955 bits per heavy atom. The number of hydrogen-bond acceptors (Lipinski definition) is 3. The summed E-state index contributed by atoms with van der Waals surface area (Å²) in [5, 5.41) is 0. The van der Waals surface area contributed by atoms with Gasteiger partial charge in [-0.15, -0.1) is 0 Å². The van der Waals surface area contributed by atoms with Crippen LogP contribution < -0.4 is 5.73 Å². The van der Waals surface area contributed by atoms with E-state index in [1.54, 1.807) is 0 Å². The van der Waals surface area contributed by atoms with Crippen LogP contribution in [0.4, 0.5) is 0 Å². The zero-order valence-electron chi connectivity index (χ0n) is 11.8. The van der Waals surface area contributed by atoms with Crippen molar-refractivity contribution in [3.8, 4) is 22.6 Å². The minimum atomic E-state index is -0.541. The molecule has 0 saturated carbocycles. The largest absolute Gasteiger partial charge is 0.436 e. The van der Waals surface area contributed by atoms with Gasteiger partial charge in [0, 0.05) is 23.3 Å². The van der Waals surface area contributed by atoms with Gasteiger partial charge < -0.3 is 10.2 Å². The first-order chi connectivity index (χ1) is 10.7. The monoisotopic (exact) mass is 290 g/mol. The fourth-order valence-electron chi connectivity index (χ4n) is 2.14. The molecule has 0 atom stereocenters. The molecule has 1 heterocycles. The molecule has 2 aromatic carbocycles. The van der Waals surface area contributed by atoms with Gasteiger partial charge >= 0.3 is 0 Å². The van der Waals surface area contributed by atoms with Crippen LogP contribution in [0.25, 0.3) is 28.7 Å². The van der Waals surface area contributed by atoms with E-state index in [-0.39, 0.29) is 0 Å². The Morgan fingerprint density at radius 2 is 1.55 bits per heavy atom. The molecule has 3 aromatic rings. The number of amides is 1. The Morgan fingerprint density at radius 3 is 2.14 bits per heavy atom. The van der Waals surface area contributed by atoms with Crippen LogP contribution in [0.1, 0.15) is 5.89 Å². The first kappa shape index (κ1) is 13.8. The van der Waals surface area contributed by atoms with Crippen molar-refractivity contribution in [3.05, 3.63) is 72.6 Å². The summed E-state index contributed by atoms with van der Waals surface area (Å²) < 4.78 is 5.80. The molecule has 1 amide bonds. The molecule has 4 nitrogen and oxygen atoms in total. The van der Waals surface area contributed by atoms with Gasteiger partial charge in [-0.05, 0) is 0 Å². The van der Waals surface area contributed by atoms with Crippen LogP contribution in [-0.2, 0) is 4.79 Å². The number of nitrogens with two attached hydrogens (primary N) is 1. The second kappa shape index (κ2) is 6.10. The number of carbonyl (C=O) groups excluding carboxylic acids is 1. The Bertz CT molecular complexity index is 749. The maximum atomic E-state index is 10.9. The Hall–Kier alpha value is -3.14. The van der Waals surface area contributed by atoms with Gasteiger partial charge in [-0.25, -0.2) is 4.98 Å². The van der Waals surface area contributed by atoms with Crippen molar-refractivity contribution in [2.24, 2.45) is 5.73 Å². The van der Waals surface area contributed by atoms with Gasteiger partial charge in [0.15, 0.2) is 5.76 Å². The number of aromatic nitrogens is 1. The lowest BCUT2D eigenvalue weighted by Crippen LogP contribution is -2.05. The molecule has 108 valence electrons. The molecule has 0 radical (unpaired) electrons. The van der Waals surface area contributed by atoms with E-state index in [0.29, 0.717) is 11.7 Å². The molecule has 0 saturated heterocycles. The van der Waals surface area contributed by atoms with E-state index in [4.69, 9.17) is 10.2 Å². The predicted octanol–water partition coefficient (Wildman–Crippen LogP) is 3.51. The quantitative estimate of drug-likeness (QED) is 0.747. The Labute approximate surface area is 127 Å². The molecule has 22 heavy (non-hydrogen) atoms. The summed E-state index contributed by atoms with van der Waals surface area (Å²) in [7, 11) is 0. The van der Waals surface area contributed by atoms with Crippen molar-refractivity contribution in [2.75, 3.05) is 0 Å². The smallest absolute Gasteiger partial charge is 0.241 e. The zero-order chi connectivity index (χ0) is 15.4. The highest BCUT2D eigenvalue weighted by Crippen LogP contribution is 2.32. The third-order valence-corrected chi connectivity index (χ3v) is 3.12. The summed E-state index contributed by atoms with van der Waals surface area (Å²) >= 11 is 0. The first-order valence-electron chi connectivity index (χ1n) is 6.83. The number of rotatable bonds is 4. The van der Waals surface area contributed by atoms with Gasteiger partial charge in [-0.2, -0.15) is 0 Å². The fourth-order valence-corrected chi connectivity index (χ4v) is 2.14. The third kappa shape index (κ3) is 2.96. The second-order valence-corrected chi connectivity index (χ2v) is 4.70. The molecular weight excluding hydrogens is 276 g/mol. The van der Waals surface area contributed by atoms with Crippen LogP contribution in [0.3, 0.4) is 0 Å². The topological polar surface area (TPSA) is 69.1 Å². The average molecular weight is 290 g/mol. The number of oxazole rings is 1. The summed E-state index contributed by atoms with van der Waals surface area (Å²) in [6.07, 6.45) is 2.70. The van der Waals surface area contributed by atoms with E-state index in [0.717, 1.165) is 16.8 Å². The number of hydrogen-bond donors (Lipinski definition) is 1. The molecule has 0 aliphatic carbocycles. The fraction of sp³-hybridized carbons (Fsp3) is 0. The summed E-state index contributed by atoms with van der Waals surface area (Å²) in [5.74, 6) is 0.466. The van der Waals surface area contributed by atoms with E-state index in [2.05, 4.69) is 4.98 Å². The Balaban J connectivity index is 2.12. The molecule has 2 N–H and O–H groups in total. The van der Waals surface area contributed by atoms with Crippen molar-refractivity contribution < 1.29 is 9.21 Å². The predicted molar refractivity (Wildman–Crippen MR) is 85.6 cm³/mol. The maximum absolute atomic E-state index is 10.9. The number of primary amides is 1. The van der Waals surface area contributed by atoms with Crippen LogP contribution in [0, 0.1) is 0 Å². The van der Waals surface area contributed by atoms with E-state index in [9.17, 15) is 4.79 Å². The summed E-state index contributed by atoms with van der Waals surface area (Å²) in [4.78, 5) is 15.3. The molecule has 0 bridgehead atoms. The normalized spacial score (nSPS) is 10.9. The van der Waals surface area contributed by atoms with Gasteiger partial charge in [0.2, 0.25) is 11.8 Å². The lowest BCUT2D eigenvalue weighted by Gasteiger charge is -2.00. The molecule has 0 aliphatic rings. The van der Waals surface area contributed by atoms with Crippen molar-refractivity contribution in [3.63, 3.8) is 0 Å². The van der Waals surface area contributed by atoms with Crippen molar-refractivity contribution >= 4 is 12.0 Å². The van der Waals surface area contributed by atoms with Crippen molar-refractivity contribution in [1.82, 2.24) is 4.98 Å². The minimum Gasteiger partial charge on any atom is -0.436 e. The highest BCUT2D eigenvalue weighted by Gasteiger charge is 2.15. The number of nitrogens with zero attached hydrogens (tertiary/aromatic N) is 1. The lowest BCUT2D eigenvalue weighted by molar-refractivity contribution is -0.113. The van der Waals surface area contributed by atoms with Crippen LogP contribution in [0.5, 0.6) is 0 Å². The second-order valence-electron chi connectivity index (χ2n) is 4.70. The van der Waals surface area contributed by atoms with Gasteiger partial charge in [0.05, 0.1) is 0 Å². The van der Waals surface area contributed by atoms with E-state index < -0.39 is 5.91 Å². The van der Waals surface area contributed by atoms with Gasteiger partial charge in [-0.1, -0.05) is 60.7 Å². The molecule has 1 aromatic heterocycles. The highest BCUT2D eigenvalue weighted by molar-refractivity contribution is 5.90. The van der Waals surface area contributed by atoms with Gasteiger partial charge in [0.1, 0.15) is 5.69 Å². The van der Waals surface area contributed by atoms with Crippen molar-refractivity contribution in [1.29, 1.82) is 0 Å². The zero-order valence-corrected chi connectivity index (χ0v) is 11.8. The SMILES string of the molecule is NC(=O)C=Cc1nc(-c2ccccc2)c(-c2ccccc2)o1. The van der Waals surface area contributed by atoms with E-state index >= 15 is 0 Å². The lowest BCUT2D eigenvalue weighted by atomic mass is 10.1. The van der Waals surface area contributed by atoms with Crippen LogP contribution in [0.15, 0.2) is 71.2 Å². The van der Waals surface area contributed by atoms with E-state index in [1.807, 2.05) is 60.7 Å². The molecule has 3 rings (SSSR count). The molecular formula is C18H14N2O2. The van der Waals surface area contributed by atoms with Gasteiger partial charge in [0.25, 0.3) is 0 Å². The molecule has 0 spiro atoms. The van der Waals surface area contributed by atoms with Crippen LogP contribution in [-0.4, -0.2) is 10.9 Å². The standard InChI is InChI=1S/C18H14N2O2/c19-15(21)11-12-16-20-17(13-7-3-1-4-8-13)18(22-16)14-9-5-2-6-10-14/h1-12H,(H2,19,21). The van der Waals surface area contributed by atoms with E-state index in [1.165, 1.54) is 12.2 Å². The van der Waals surface area contributed by atoms with Crippen molar-refractivity contribution in [2.45, 2.75) is 0 Å². The Kier molecular flexibility index (Phi) is 3.83. The summed E-state index contributed by atoms with van der Waals surface area (Å²) in [5.41, 5.74) is 7.72. The summed E-state index contributed by atoms with van der Waals surface area (Å²) in [6, 6.07) is 19.5. The first-order valence-corrected chi connectivity index (χ1v) is 6.83. The van der Waals surface area contributed by atoms with Crippen LogP contribution in [0.2, 0.25) is 0 Å². The van der Waals surface area contributed by atoms with Crippen LogP contribution >= 0.6 is 0 Å². The highest BCUT2D eigenvalue weighted by atomic mass is 16.4. The molecule has 0 aliphatic heterocycles. The minimum absolute atomic E-state index is 0.344. The molecule has 0 unspecified atom stereocenters. The third-order valence-electron chi connectivity index (χ3n) is 3.12. The molecule has 0 fully saturated rings. The average Bonchev–Trinajstić information content (AvgIpc) is 2.99. The summed E-state index contributed by atoms with van der Waals surface area (Å²) in [6.45, 7) is 0.